The molecule has 16 heavy (non-hydrogen) atoms. The lowest BCUT2D eigenvalue weighted by Gasteiger charge is -2.14. The van der Waals surface area contributed by atoms with Crippen LogP contribution in [0.15, 0.2) is 12.7 Å². The van der Waals surface area contributed by atoms with Gasteiger partial charge in [0.1, 0.15) is 25.6 Å². The number of ether oxygens (including phenoxy) is 2. The number of aliphatic hydroxyl groups is 1. The van der Waals surface area contributed by atoms with Crippen molar-refractivity contribution in [1.82, 2.24) is 0 Å². The Hall–Kier alpha value is -1.26. The first-order valence-corrected chi connectivity index (χ1v) is 5.04. The molecule has 88 valence electrons. The molecule has 0 radical (unpaired) electrons. The topological polar surface area (TPSA) is 38.7 Å². The van der Waals surface area contributed by atoms with Crippen LogP contribution in [0.5, 0.6) is 0 Å². The van der Waals surface area contributed by atoms with Crippen LogP contribution in [0.1, 0.15) is 19.8 Å². The van der Waals surface area contributed by atoms with Gasteiger partial charge in [0.15, 0.2) is 0 Å². The molecule has 0 saturated heterocycles. The quantitative estimate of drug-likeness (QED) is 0.306. The van der Waals surface area contributed by atoms with Crippen LogP contribution < -0.4 is 0 Å². The highest BCUT2D eigenvalue weighted by Crippen LogP contribution is 2.10. The van der Waals surface area contributed by atoms with Gasteiger partial charge < -0.3 is 14.6 Å². The fourth-order valence-electron chi connectivity index (χ4n) is 0.924. The van der Waals surface area contributed by atoms with Gasteiger partial charge in [0.05, 0.1) is 0 Å². The van der Waals surface area contributed by atoms with Crippen molar-refractivity contribution in [2.24, 2.45) is 0 Å². The molecule has 1 unspecified atom stereocenters. The van der Waals surface area contributed by atoms with Crippen molar-refractivity contribution in [3.8, 4) is 24.2 Å². The highest BCUT2D eigenvalue weighted by Gasteiger charge is 2.14. The van der Waals surface area contributed by atoms with E-state index in [0.29, 0.717) is 6.42 Å². The summed E-state index contributed by atoms with van der Waals surface area (Å²) in [6.07, 6.45) is 8.02. The van der Waals surface area contributed by atoms with Gasteiger partial charge in [0, 0.05) is 0 Å². The Bertz CT molecular complexity index is 289. The second kappa shape index (κ2) is 9.00. The number of allylic oxidation sites excluding steroid dienone is 1. The molecule has 0 aromatic carbocycles. The monoisotopic (exact) mass is 222 g/mol. The SMILES string of the molecule is C#CCOCOCC#CC(C)(O)CCC=C. The van der Waals surface area contributed by atoms with Crippen LogP contribution in [0.25, 0.3) is 0 Å². The van der Waals surface area contributed by atoms with Gasteiger partial charge in [-0.15, -0.1) is 13.0 Å². The smallest absolute Gasteiger partial charge is 0.149 e. The molecular formula is C13H18O3. The maximum Gasteiger partial charge on any atom is 0.149 e. The lowest BCUT2D eigenvalue weighted by atomic mass is 10.0. The van der Waals surface area contributed by atoms with E-state index in [0.717, 1.165) is 6.42 Å². The van der Waals surface area contributed by atoms with Gasteiger partial charge >= 0.3 is 0 Å². The Morgan fingerprint density at radius 3 is 2.75 bits per heavy atom. The molecule has 0 aliphatic rings. The van der Waals surface area contributed by atoms with Gasteiger partial charge in [0.2, 0.25) is 0 Å². The van der Waals surface area contributed by atoms with E-state index in [9.17, 15) is 5.11 Å². The van der Waals surface area contributed by atoms with Crippen molar-refractivity contribution in [2.45, 2.75) is 25.4 Å². The molecule has 0 amide bonds. The van der Waals surface area contributed by atoms with Gasteiger partial charge in [-0.05, 0) is 19.8 Å². The summed E-state index contributed by atoms with van der Waals surface area (Å²) in [6, 6.07) is 0. The minimum atomic E-state index is -0.989. The van der Waals surface area contributed by atoms with E-state index in [1.54, 1.807) is 13.0 Å². The fraction of sp³-hybridized carbons (Fsp3) is 0.538. The maximum atomic E-state index is 9.75. The third kappa shape index (κ3) is 9.30. The molecule has 1 N–H and O–H groups in total. The van der Waals surface area contributed by atoms with Crippen molar-refractivity contribution in [2.75, 3.05) is 20.0 Å². The molecule has 3 heteroatoms. The first-order valence-electron chi connectivity index (χ1n) is 5.04. The summed E-state index contributed by atoms with van der Waals surface area (Å²) in [6.45, 7) is 5.81. The van der Waals surface area contributed by atoms with Crippen LogP contribution in [0.4, 0.5) is 0 Å². The molecule has 0 saturated carbocycles. The molecule has 0 aromatic heterocycles. The second-order valence-electron chi connectivity index (χ2n) is 3.42. The van der Waals surface area contributed by atoms with Crippen molar-refractivity contribution >= 4 is 0 Å². The molecule has 3 nitrogen and oxygen atoms in total. The molecule has 0 bridgehead atoms. The number of terminal acetylenes is 1. The summed E-state index contributed by atoms with van der Waals surface area (Å²) in [5, 5.41) is 9.75. The summed E-state index contributed by atoms with van der Waals surface area (Å²) < 4.78 is 9.89. The molecular weight excluding hydrogens is 204 g/mol. The Morgan fingerprint density at radius 1 is 1.44 bits per heavy atom. The molecule has 0 spiro atoms. The Labute approximate surface area is 97.4 Å². The molecule has 0 aromatic rings. The van der Waals surface area contributed by atoms with Gasteiger partial charge in [0.25, 0.3) is 0 Å². The molecule has 0 aliphatic carbocycles. The van der Waals surface area contributed by atoms with Crippen LogP contribution >= 0.6 is 0 Å². The standard InChI is InChI=1S/C13H18O3/c1-4-6-8-13(3,14)9-7-11-16-12-15-10-5-2/h2,4,14H,1,6,8,10-12H2,3H3. The molecule has 0 fully saturated rings. The van der Waals surface area contributed by atoms with Crippen molar-refractivity contribution in [3.63, 3.8) is 0 Å². The zero-order valence-electron chi connectivity index (χ0n) is 9.66. The van der Waals surface area contributed by atoms with E-state index in [1.165, 1.54) is 0 Å². The third-order valence-corrected chi connectivity index (χ3v) is 1.72. The Kier molecular flexibility index (Phi) is 8.29. The summed E-state index contributed by atoms with van der Waals surface area (Å²) in [4.78, 5) is 0. The molecule has 0 heterocycles. The van der Waals surface area contributed by atoms with Gasteiger partial charge in [-0.1, -0.05) is 23.8 Å². The van der Waals surface area contributed by atoms with Crippen LogP contribution in [0, 0.1) is 24.2 Å². The average Bonchev–Trinajstić information content (AvgIpc) is 2.25. The largest absolute Gasteiger partial charge is 0.378 e. The highest BCUT2D eigenvalue weighted by molar-refractivity contribution is 5.12. The van der Waals surface area contributed by atoms with Gasteiger partial charge in [-0.3, -0.25) is 0 Å². The first kappa shape index (κ1) is 14.7. The molecule has 0 rings (SSSR count). The zero-order chi connectivity index (χ0) is 12.3. The van der Waals surface area contributed by atoms with E-state index in [-0.39, 0.29) is 20.0 Å². The average molecular weight is 222 g/mol. The van der Waals surface area contributed by atoms with Crippen LogP contribution in [-0.4, -0.2) is 30.7 Å². The van der Waals surface area contributed by atoms with E-state index >= 15 is 0 Å². The summed E-state index contributed by atoms with van der Waals surface area (Å²) in [5.41, 5.74) is -0.989. The van der Waals surface area contributed by atoms with E-state index in [2.05, 4.69) is 24.3 Å². The second-order valence-corrected chi connectivity index (χ2v) is 3.42. The van der Waals surface area contributed by atoms with Gasteiger partial charge in [-0.25, -0.2) is 0 Å². The normalized spacial score (nSPS) is 13.1. The third-order valence-electron chi connectivity index (χ3n) is 1.72. The van der Waals surface area contributed by atoms with E-state index in [1.807, 2.05) is 0 Å². The minimum absolute atomic E-state index is 0.119. The number of hydrogen-bond donors (Lipinski definition) is 1. The van der Waals surface area contributed by atoms with Gasteiger partial charge in [-0.2, -0.15) is 0 Å². The Balaban J connectivity index is 3.66. The number of rotatable bonds is 7. The van der Waals surface area contributed by atoms with Crippen LogP contribution in [0.3, 0.4) is 0 Å². The van der Waals surface area contributed by atoms with E-state index < -0.39 is 5.60 Å². The highest BCUT2D eigenvalue weighted by atomic mass is 16.7. The number of hydrogen-bond acceptors (Lipinski definition) is 3. The summed E-state index contributed by atoms with van der Waals surface area (Å²) in [5.74, 6) is 7.76. The van der Waals surface area contributed by atoms with Crippen LogP contribution in [0.2, 0.25) is 0 Å². The zero-order valence-corrected chi connectivity index (χ0v) is 9.66. The molecule has 1 atom stereocenters. The Morgan fingerprint density at radius 2 is 2.12 bits per heavy atom. The van der Waals surface area contributed by atoms with E-state index in [4.69, 9.17) is 15.9 Å². The summed E-state index contributed by atoms with van der Waals surface area (Å²) in [7, 11) is 0. The summed E-state index contributed by atoms with van der Waals surface area (Å²) >= 11 is 0. The maximum absolute atomic E-state index is 9.75. The van der Waals surface area contributed by atoms with Crippen molar-refractivity contribution in [1.29, 1.82) is 0 Å². The fourth-order valence-corrected chi connectivity index (χ4v) is 0.924. The van der Waals surface area contributed by atoms with Crippen LogP contribution in [-0.2, 0) is 9.47 Å². The van der Waals surface area contributed by atoms with Crippen molar-refractivity contribution in [3.05, 3.63) is 12.7 Å². The predicted octanol–water partition coefficient (Wildman–Crippen LogP) is 1.33. The minimum Gasteiger partial charge on any atom is -0.378 e. The lowest BCUT2D eigenvalue weighted by Crippen LogP contribution is -2.21. The predicted molar refractivity (Wildman–Crippen MR) is 63.4 cm³/mol. The van der Waals surface area contributed by atoms with Crippen molar-refractivity contribution < 1.29 is 14.6 Å². The first-order chi connectivity index (χ1) is 7.62. The lowest BCUT2D eigenvalue weighted by molar-refractivity contribution is -0.0295. The molecule has 0 aliphatic heterocycles.